The Bertz CT molecular complexity index is 368. The van der Waals surface area contributed by atoms with E-state index in [1.54, 1.807) is 0 Å². The number of anilines is 1. The molecular formula is C8H8BrF3N2O. The minimum absolute atomic E-state index is 0.0693. The molecule has 7 heteroatoms. The molecule has 0 atom stereocenters. The molecule has 3 nitrogen and oxygen atoms in total. The first-order chi connectivity index (χ1) is 6.83. The topological polar surface area (TPSA) is 61.3 Å². The summed E-state index contributed by atoms with van der Waals surface area (Å²) in [6.45, 7) is 0.0693. The Balaban J connectivity index is 3.12. The molecule has 0 bridgehead atoms. The standard InChI is InChI=1S/C8H8BrF3N2O/c9-7-4(3-13)1-5(14)2-6(7)15-8(10,11)12/h1-2H,3,13-14H2. The van der Waals surface area contributed by atoms with Crippen molar-refractivity contribution in [2.24, 2.45) is 5.73 Å². The second-order valence-corrected chi connectivity index (χ2v) is 3.54. The fourth-order valence-corrected chi connectivity index (χ4v) is 1.50. The predicted octanol–water partition coefficient (Wildman–Crippen LogP) is 2.39. The molecule has 0 spiro atoms. The maximum atomic E-state index is 12.0. The molecule has 1 aromatic carbocycles. The highest BCUT2D eigenvalue weighted by Crippen LogP contribution is 2.34. The molecule has 0 aliphatic rings. The van der Waals surface area contributed by atoms with Crippen LogP contribution in [-0.4, -0.2) is 6.36 Å². The van der Waals surface area contributed by atoms with Gasteiger partial charge in [-0.3, -0.25) is 0 Å². The molecule has 0 aliphatic heterocycles. The highest BCUT2D eigenvalue weighted by Gasteiger charge is 2.32. The number of benzene rings is 1. The van der Waals surface area contributed by atoms with Crippen LogP contribution in [0, 0.1) is 0 Å². The smallest absolute Gasteiger partial charge is 0.404 e. The van der Waals surface area contributed by atoms with E-state index < -0.39 is 6.36 Å². The third-order valence-corrected chi connectivity index (χ3v) is 2.48. The first-order valence-electron chi connectivity index (χ1n) is 3.87. The van der Waals surface area contributed by atoms with E-state index >= 15 is 0 Å². The monoisotopic (exact) mass is 284 g/mol. The van der Waals surface area contributed by atoms with Gasteiger partial charge >= 0.3 is 6.36 Å². The lowest BCUT2D eigenvalue weighted by atomic mass is 10.2. The van der Waals surface area contributed by atoms with E-state index in [2.05, 4.69) is 20.7 Å². The van der Waals surface area contributed by atoms with Crippen molar-refractivity contribution in [3.8, 4) is 5.75 Å². The lowest BCUT2D eigenvalue weighted by molar-refractivity contribution is -0.274. The van der Waals surface area contributed by atoms with Gasteiger partial charge in [-0.2, -0.15) is 0 Å². The Hall–Kier alpha value is -0.950. The molecule has 1 aromatic rings. The summed E-state index contributed by atoms with van der Waals surface area (Å²) in [5.41, 5.74) is 11.3. The molecule has 0 saturated carbocycles. The molecule has 0 amide bonds. The Morgan fingerprint density at radius 1 is 1.33 bits per heavy atom. The average molecular weight is 285 g/mol. The fraction of sp³-hybridized carbons (Fsp3) is 0.250. The molecule has 0 fully saturated rings. The number of halogens is 4. The fourth-order valence-electron chi connectivity index (χ4n) is 1.03. The van der Waals surface area contributed by atoms with Gasteiger partial charge < -0.3 is 16.2 Å². The summed E-state index contributed by atoms with van der Waals surface area (Å²) >= 11 is 2.97. The summed E-state index contributed by atoms with van der Waals surface area (Å²) in [5, 5.41) is 0. The van der Waals surface area contributed by atoms with Gasteiger partial charge in [0.2, 0.25) is 0 Å². The van der Waals surface area contributed by atoms with Gasteiger partial charge in [-0.05, 0) is 27.6 Å². The predicted molar refractivity (Wildman–Crippen MR) is 53.1 cm³/mol. The third-order valence-electron chi connectivity index (χ3n) is 1.58. The third kappa shape index (κ3) is 3.28. The van der Waals surface area contributed by atoms with Crippen molar-refractivity contribution in [2.45, 2.75) is 12.9 Å². The van der Waals surface area contributed by atoms with Gasteiger partial charge in [0.25, 0.3) is 0 Å². The normalized spacial score (nSPS) is 11.5. The number of hydrogen-bond donors (Lipinski definition) is 2. The van der Waals surface area contributed by atoms with E-state index in [4.69, 9.17) is 11.5 Å². The summed E-state index contributed by atoms with van der Waals surface area (Å²) in [6.07, 6.45) is -4.75. The van der Waals surface area contributed by atoms with Crippen LogP contribution in [0.1, 0.15) is 5.56 Å². The summed E-state index contributed by atoms with van der Waals surface area (Å²) in [6, 6.07) is 2.56. The van der Waals surface area contributed by atoms with Crippen LogP contribution in [-0.2, 0) is 6.54 Å². The largest absolute Gasteiger partial charge is 0.573 e. The first-order valence-corrected chi connectivity index (χ1v) is 4.66. The van der Waals surface area contributed by atoms with Crippen molar-refractivity contribution in [3.63, 3.8) is 0 Å². The molecule has 0 aliphatic carbocycles. The van der Waals surface area contributed by atoms with Gasteiger partial charge in [-0.1, -0.05) is 0 Å². The van der Waals surface area contributed by atoms with Crippen molar-refractivity contribution in [3.05, 3.63) is 22.2 Å². The highest BCUT2D eigenvalue weighted by atomic mass is 79.9. The zero-order chi connectivity index (χ0) is 11.6. The molecule has 1 rings (SSSR count). The number of nitrogen functional groups attached to an aromatic ring is 1. The SMILES string of the molecule is NCc1cc(N)cc(OC(F)(F)F)c1Br. The van der Waals surface area contributed by atoms with Crippen molar-refractivity contribution in [1.82, 2.24) is 0 Å². The van der Waals surface area contributed by atoms with Gasteiger partial charge in [-0.15, -0.1) is 13.2 Å². The van der Waals surface area contributed by atoms with E-state index in [1.807, 2.05) is 0 Å². The van der Waals surface area contributed by atoms with Crippen molar-refractivity contribution in [2.75, 3.05) is 5.73 Å². The zero-order valence-electron chi connectivity index (χ0n) is 7.44. The molecule has 84 valence electrons. The molecule has 0 radical (unpaired) electrons. The summed E-state index contributed by atoms with van der Waals surface area (Å²) in [4.78, 5) is 0. The Kier molecular flexibility index (Phi) is 3.46. The van der Waals surface area contributed by atoms with E-state index in [1.165, 1.54) is 6.07 Å². The summed E-state index contributed by atoms with van der Waals surface area (Å²) < 4.78 is 39.9. The minimum Gasteiger partial charge on any atom is -0.404 e. The molecular weight excluding hydrogens is 277 g/mol. The summed E-state index contributed by atoms with van der Waals surface area (Å²) in [5.74, 6) is -0.386. The van der Waals surface area contributed by atoms with E-state index in [9.17, 15) is 13.2 Å². The van der Waals surface area contributed by atoms with Crippen molar-refractivity contribution in [1.29, 1.82) is 0 Å². The van der Waals surface area contributed by atoms with E-state index in [0.717, 1.165) is 6.07 Å². The maximum absolute atomic E-state index is 12.0. The number of nitrogens with two attached hydrogens (primary N) is 2. The first kappa shape index (κ1) is 12.1. The van der Waals surface area contributed by atoms with Gasteiger partial charge in [0.15, 0.2) is 0 Å². The summed E-state index contributed by atoms with van der Waals surface area (Å²) in [7, 11) is 0. The Morgan fingerprint density at radius 2 is 1.93 bits per heavy atom. The van der Waals surface area contributed by atoms with Crippen molar-refractivity contribution >= 4 is 21.6 Å². The Labute approximate surface area is 92.3 Å². The lowest BCUT2D eigenvalue weighted by Gasteiger charge is -2.13. The number of rotatable bonds is 2. The molecule has 0 saturated heterocycles. The van der Waals surface area contributed by atoms with Gasteiger partial charge in [-0.25, -0.2) is 0 Å². The number of ether oxygens (including phenoxy) is 1. The second kappa shape index (κ2) is 4.28. The zero-order valence-corrected chi connectivity index (χ0v) is 9.02. The van der Waals surface area contributed by atoms with Crippen LogP contribution in [0.4, 0.5) is 18.9 Å². The minimum atomic E-state index is -4.75. The van der Waals surface area contributed by atoms with Crippen LogP contribution in [0.3, 0.4) is 0 Å². The van der Waals surface area contributed by atoms with Crippen LogP contribution in [0.25, 0.3) is 0 Å². The van der Waals surface area contributed by atoms with Crippen molar-refractivity contribution < 1.29 is 17.9 Å². The Morgan fingerprint density at radius 3 is 2.40 bits per heavy atom. The van der Waals surface area contributed by atoms with Gasteiger partial charge in [0.1, 0.15) is 5.75 Å². The maximum Gasteiger partial charge on any atom is 0.573 e. The molecule has 0 aromatic heterocycles. The van der Waals surface area contributed by atoms with Crippen LogP contribution >= 0.6 is 15.9 Å². The molecule has 0 heterocycles. The van der Waals surface area contributed by atoms with Crippen LogP contribution in [0.5, 0.6) is 5.75 Å². The van der Waals surface area contributed by atoms with E-state index in [-0.39, 0.29) is 22.5 Å². The number of hydrogen-bond acceptors (Lipinski definition) is 3. The van der Waals surface area contributed by atoms with Gasteiger partial charge in [0, 0.05) is 18.3 Å². The molecule has 15 heavy (non-hydrogen) atoms. The molecule has 0 unspecified atom stereocenters. The van der Waals surface area contributed by atoms with Gasteiger partial charge in [0.05, 0.1) is 4.47 Å². The van der Waals surface area contributed by atoms with E-state index in [0.29, 0.717) is 5.56 Å². The second-order valence-electron chi connectivity index (χ2n) is 2.74. The highest BCUT2D eigenvalue weighted by molar-refractivity contribution is 9.10. The number of alkyl halides is 3. The van der Waals surface area contributed by atoms with Crippen LogP contribution in [0.2, 0.25) is 0 Å². The lowest BCUT2D eigenvalue weighted by Crippen LogP contribution is -2.18. The quantitative estimate of drug-likeness (QED) is 0.820. The van der Waals surface area contributed by atoms with Crippen LogP contribution < -0.4 is 16.2 Å². The average Bonchev–Trinajstić information content (AvgIpc) is 2.08. The van der Waals surface area contributed by atoms with Crippen LogP contribution in [0.15, 0.2) is 16.6 Å². The molecule has 4 N–H and O–H groups in total.